The number of carbonyl (C=O) groups is 1. The molecule has 0 aromatic carbocycles. The zero-order valence-corrected chi connectivity index (χ0v) is 13.6. The summed E-state index contributed by atoms with van der Waals surface area (Å²) in [4.78, 5) is 11.8. The summed E-state index contributed by atoms with van der Waals surface area (Å²) in [6.07, 6.45) is 1.72. The van der Waals surface area contributed by atoms with Crippen molar-refractivity contribution in [2.45, 2.75) is 33.1 Å². The molecule has 1 rings (SSSR count). The minimum Gasteiger partial charge on any atom is -0.466 e. The van der Waals surface area contributed by atoms with Gasteiger partial charge in [-0.2, -0.15) is 17.0 Å². The number of ether oxygens (including phenoxy) is 1. The quantitative estimate of drug-likeness (QED) is 0.646. The van der Waals surface area contributed by atoms with Gasteiger partial charge in [-0.3, -0.25) is 4.79 Å². The standard InChI is InChI=1S/C13H26N2O5S/c1-3-14(9-6-10-16)21(18,19)15-8-5-7-12(11-15)13(17)20-4-2/h12,16H,3-11H2,1-2H3. The third-order valence-corrected chi connectivity index (χ3v) is 5.65. The lowest BCUT2D eigenvalue weighted by Gasteiger charge is -2.34. The minimum absolute atomic E-state index is 0.0442. The maximum absolute atomic E-state index is 12.6. The van der Waals surface area contributed by atoms with Gasteiger partial charge in [-0.05, 0) is 26.2 Å². The molecule has 0 aliphatic carbocycles. The number of carbonyl (C=O) groups excluding carboxylic acids is 1. The summed E-state index contributed by atoms with van der Waals surface area (Å²) in [5.41, 5.74) is 0. The highest BCUT2D eigenvalue weighted by Gasteiger charge is 2.35. The Morgan fingerprint density at radius 3 is 2.71 bits per heavy atom. The molecule has 0 spiro atoms. The molecule has 0 radical (unpaired) electrons. The summed E-state index contributed by atoms with van der Waals surface area (Å²) in [6, 6.07) is 0. The molecule has 1 fully saturated rings. The van der Waals surface area contributed by atoms with E-state index in [1.54, 1.807) is 13.8 Å². The van der Waals surface area contributed by atoms with Gasteiger partial charge in [-0.25, -0.2) is 0 Å². The molecule has 1 atom stereocenters. The van der Waals surface area contributed by atoms with Crippen LogP contribution in [-0.4, -0.2) is 67.5 Å². The van der Waals surface area contributed by atoms with Crippen LogP contribution in [0.1, 0.15) is 33.1 Å². The van der Waals surface area contributed by atoms with Crippen LogP contribution in [0, 0.1) is 5.92 Å². The second-order valence-electron chi connectivity index (χ2n) is 5.03. The number of aliphatic hydroxyl groups is 1. The SMILES string of the molecule is CCOC(=O)C1CCCN(S(=O)(=O)N(CC)CCCO)C1. The lowest BCUT2D eigenvalue weighted by atomic mass is 10.0. The van der Waals surface area contributed by atoms with Crippen LogP contribution in [0.15, 0.2) is 0 Å². The first-order chi connectivity index (χ1) is 9.97. The van der Waals surface area contributed by atoms with Gasteiger partial charge in [0, 0.05) is 32.8 Å². The molecular formula is C13H26N2O5S. The van der Waals surface area contributed by atoms with Gasteiger partial charge in [-0.1, -0.05) is 6.92 Å². The maximum atomic E-state index is 12.6. The second-order valence-corrected chi connectivity index (χ2v) is 6.95. The summed E-state index contributed by atoms with van der Waals surface area (Å²) in [7, 11) is -3.58. The van der Waals surface area contributed by atoms with Crippen molar-refractivity contribution < 1.29 is 23.1 Å². The lowest BCUT2D eigenvalue weighted by Crippen LogP contribution is -2.49. The summed E-state index contributed by atoms with van der Waals surface area (Å²) in [6.45, 7) is 5.01. The van der Waals surface area contributed by atoms with Crippen LogP contribution < -0.4 is 0 Å². The molecule has 0 aromatic heterocycles. The highest BCUT2D eigenvalue weighted by atomic mass is 32.2. The van der Waals surface area contributed by atoms with Crippen molar-refractivity contribution in [1.82, 2.24) is 8.61 Å². The largest absolute Gasteiger partial charge is 0.466 e. The third kappa shape index (κ3) is 4.91. The molecule has 0 amide bonds. The van der Waals surface area contributed by atoms with E-state index in [-0.39, 0.29) is 31.6 Å². The normalized spacial score (nSPS) is 20.7. The fraction of sp³-hybridized carbons (Fsp3) is 0.923. The lowest BCUT2D eigenvalue weighted by molar-refractivity contribution is -0.149. The molecule has 8 heteroatoms. The Labute approximate surface area is 127 Å². The van der Waals surface area contributed by atoms with E-state index in [9.17, 15) is 13.2 Å². The van der Waals surface area contributed by atoms with Gasteiger partial charge in [0.15, 0.2) is 0 Å². The monoisotopic (exact) mass is 322 g/mol. The van der Waals surface area contributed by atoms with Crippen LogP contribution in [-0.2, 0) is 19.7 Å². The third-order valence-electron chi connectivity index (χ3n) is 3.57. The average molecular weight is 322 g/mol. The Hall–Kier alpha value is -0.700. The van der Waals surface area contributed by atoms with Crippen LogP contribution in [0.3, 0.4) is 0 Å². The zero-order valence-electron chi connectivity index (χ0n) is 12.8. The number of piperidine rings is 1. The number of nitrogens with zero attached hydrogens (tertiary/aromatic N) is 2. The molecule has 1 N–H and O–H groups in total. The molecule has 0 aromatic rings. The Balaban J connectivity index is 2.75. The van der Waals surface area contributed by atoms with Crippen LogP contribution in [0.25, 0.3) is 0 Å². The number of esters is 1. The molecule has 1 heterocycles. The predicted molar refractivity (Wildman–Crippen MR) is 78.8 cm³/mol. The molecular weight excluding hydrogens is 296 g/mol. The van der Waals surface area contributed by atoms with Crippen molar-refractivity contribution in [2.75, 3.05) is 39.4 Å². The van der Waals surface area contributed by atoms with Gasteiger partial charge in [0.2, 0.25) is 0 Å². The van der Waals surface area contributed by atoms with Crippen LogP contribution >= 0.6 is 0 Å². The number of aliphatic hydroxyl groups excluding tert-OH is 1. The van der Waals surface area contributed by atoms with E-state index in [0.29, 0.717) is 39.0 Å². The molecule has 1 saturated heterocycles. The van der Waals surface area contributed by atoms with Crippen molar-refractivity contribution in [3.8, 4) is 0 Å². The van der Waals surface area contributed by atoms with E-state index < -0.39 is 10.2 Å². The zero-order chi connectivity index (χ0) is 15.9. The van der Waals surface area contributed by atoms with Crippen molar-refractivity contribution in [3.05, 3.63) is 0 Å². The first-order valence-corrected chi connectivity index (χ1v) is 8.89. The summed E-state index contributed by atoms with van der Waals surface area (Å²) in [5, 5.41) is 8.86. The van der Waals surface area contributed by atoms with Gasteiger partial charge in [0.25, 0.3) is 10.2 Å². The van der Waals surface area contributed by atoms with Crippen molar-refractivity contribution in [2.24, 2.45) is 5.92 Å². The summed E-state index contributed by atoms with van der Waals surface area (Å²) >= 11 is 0. The summed E-state index contributed by atoms with van der Waals surface area (Å²) < 4.78 is 32.8. The molecule has 1 unspecified atom stereocenters. The highest BCUT2D eigenvalue weighted by molar-refractivity contribution is 7.86. The van der Waals surface area contributed by atoms with E-state index in [1.165, 1.54) is 8.61 Å². The number of hydrogen-bond donors (Lipinski definition) is 1. The topological polar surface area (TPSA) is 87.2 Å². The van der Waals surface area contributed by atoms with Crippen molar-refractivity contribution in [1.29, 1.82) is 0 Å². The van der Waals surface area contributed by atoms with E-state index in [2.05, 4.69) is 0 Å². The molecule has 124 valence electrons. The fourth-order valence-electron chi connectivity index (χ4n) is 2.45. The van der Waals surface area contributed by atoms with Crippen LogP contribution in [0.5, 0.6) is 0 Å². The van der Waals surface area contributed by atoms with Gasteiger partial charge in [0.05, 0.1) is 12.5 Å². The molecule has 1 aliphatic rings. The van der Waals surface area contributed by atoms with E-state index >= 15 is 0 Å². The van der Waals surface area contributed by atoms with Crippen molar-refractivity contribution in [3.63, 3.8) is 0 Å². The van der Waals surface area contributed by atoms with Gasteiger partial charge >= 0.3 is 5.97 Å². The Morgan fingerprint density at radius 1 is 1.43 bits per heavy atom. The first-order valence-electron chi connectivity index (χ1n) is 7.50. The second kappa shape index (κ2) is 8.67. The molecule has 0 saturated carbocycles. The molecule has 0 bridgehead atoms. The average Bonchev–Trinajstić information content (AvgIpc) is 2.48. The Kier molecular flexibility index (Phi) is 7.58. The van der Waals surface area contributed by atoms with Crippen LogP contribution in [0.4, 0.5) is 0 Å². The number of rotatable bonds is 8. The first kappa shape index (κ1) is 18.3. The van der Waals surface area contributed by atoms with E-state index in [4.69, 9.17) is 9.84 Å². The molecule has 1 aliphatic heterocycles. The van der Waals surface area contributed by atoms with Gasteiger partial charge in [-0.15, -0.1) is 0 Å². The molecule has 7 nitrogen and oxygen atoms in total. The molecule has 21 heavy (non-hydrogen) atoms. The minimum atomic E-state index is -3.58. The Bertz CT molecular complexity index is 426. The van der Waals surface area contributed by atoms with Gasteiger partial charge < -0.3 is 9.84 Å². The highest BCUT2D eigenvalue weighted by Crippen LogP contribution is 2.22. The summed E-state index contributed by atoms with van der Waals surface area (Å²) in [5.74, 6) is -0.708. The van der Waals surface area contributed by atoms with Crippen LogP contribution in [0.2, 0.25) is 0 Å². The number of hydrogen-bond acceptors (Lipinski definition) is 5. The maximum Gasteiger partial charge on any atom is 0.310 e. The fourth-order valence-corrected chi connectivity index (χ4v) is 4.19. The van der Waals surface area contributed by atoms with E-state index in [0.717, 1.165) is 0 Å². The van der Waals surface area contributed by atoms with Crippen molar-refractivity contribution >= 4 is 16.2 Å². The van der Waals surface area contributed by atoms with Gasteiger partial charge in [0.1, 0.15) is 0 Å². The van der Waals surface area contributed by atoms with E-state index in [1.807, 2.05) is 0 Å². The predicted octanol–water partition coefficient (Wildman–Crippen LogP) is 0.211. The smallest absolute Gasteiger partial charge is 0.310 e. The Morgan fingerprint density at radius 2 is 2.14 bits per heavy atom.